The van der Waals surface area contributed by atoms with E-state index in [4.69, 9.17) is 4.74 Å². The Kier molecular flexibility index (Phi) is 9.33. The smallest absolute Gasteiger partial charge is 0.374 e. The summed E-state index contributed by atoms with van der Waals surface area (Å²) < 4.78 is 72.9. The van der Waals surface area contributed by atoms with Crippen LogP contribution in [0, 0.1) is 28.4 Å². The van der Waals surface area contributed by atoms with E-state index in [0.717, 1.165) is 6.07 Å². The quantitative estimate of drug-likeness (QED) is 0.392. The van der Waals surface area contributed by atoms with E-state index in [1.807, 2.05) is 0 Å². The molecule has 8 nitrogen and oxygen atoms in total. The SMILES string of the molecule is CC(C)(C)C(=O)NC(COCc1ccc(F)cc1F)C(=O)C1CCC2=NN(CC(F)(F)F)C(=O)C2(Cc2ccccn2)C1. The number of pyridine rings is 1. The minimum Gasteiger partial charge on any atom is -0.374 e. The standard InChI is InChI=1S/C30H33F5N4O4/c1-28(2,3)26(41)37-23(16-43-15-19-7-9-20(31)12-22(19)32)25(40)18-8-10-24-29(13-18,14-21-6-4-5-11-36-21)27(42)39(38-24)17-30(33,34)35/h4-7,9,11-12,18,23H,8,10,13-17H2,1-3H3,(H,37,41). The Labute approximate surface area is 245 Å². The molecule has 1 saturated carbocycles. The number of amides is 2. The number of benzene rings is 1. The zero-order valence-electron chi connectivity index (χ0n) is 24.0. The van der Waals surface area contributed by atoms with Crippen molar-refractivity contribution in [1.82, 2.24) is 15.3 Å². The topological polar surface area (TPSA) is 101 Å². The lowest BCUT2D eigenvalue weighted by molar-refractivity contribution is -0.163. The van der Waals surface area contributed by atoms with E-state index in [1.54, 1.807) is 39.0 Å². The van der Waals surface area contributed by atoms with Gasteiger partial charge in [-0.05, 0) is 37.5 Å². The summed E-state index contributed by atoms with van der Waals surface area (Å²) in [6.45, 7) is 2.73. The predicted octanol–water partition coefficient (Wildman–Crippen LogP) is 4.77. The van der Waals surface area contributed by atoms with E-state index in [1.165, 1.54) is 12.3 Å². The van der Waals surface area contributed by atoms with E-state index in [9.17, 15) is 36.3 Å². The number of rotatable bonds is 10. The second-order valence-electron chi connectivity index (χ2n) is 12.0. The van der Waals surface area contributed by atoms with Crippen LogP contribution >= 0.6 is 0 Å². The molecule has 0 radical (unpaired) electrons. The largest absolute Gasteiger partial charge is 0.408 e. The molecule has 2 heterocycles. The van der Waals surface area contributed by atoms with Crippen LogP contribution < -0.4 is 5.32 Å². The number of carbonyl (C=O) groups is 3. The number of hydrazone groups is 1. The fourth-order valence-electron chi connectivity index (χ4n) is 5.35. The molecular weight excluding hydrogens is 575 g/mol. The van der Waals surface area contributed by atoms with Gasteiger partial charge in [0, 0.05) is 41.3 Å². The molecule has 1 aliphatic heterocycles. The van der Waals surface area contributed by atoms with Gasteiger partial charge in [-0.15, -0.1) is 0 Å². The number of ketones is 1. The molecule has 13 heteroatoms. The number of fused-ring (bicyclic) bond motifs is 1. The first-order chi connectivity index (χ1) is 20.1. The highest BCUT2D eigenvalue weighted by Gasteiger charge is 2.56. The Bertz CT molecular complexity index is 1390. The predicted molar refractivity (Wildman–Crippen MR) is 145 cm³/mol. The average Bonchev–Trinajstić information content (AvgIpc) is 3.17. The van der Waals surface area contributed by atoms with Gasteiger partial charge in [0.05, 0.1) is 24.3 Å². The molecule has 3 atom stereocenters. The van der Waals surface area contributed by atoms with Crippen molar-refractivity contribution in [3.8, 4) is 0 Å². The summed E-state index contributed by atoms with van der Waals surface area (Å²) in [6, 6.07) is 6.76. The molecule has 1 aromatic carbocycles. The maximum atomic E-state index is 14.1. The van der Waals surface area contributed by atoms with E-state index in [-0.39, 0.29) is 50.2 Å². The van der Waals surface area contributed by atoms with E-state index < -0.39 is 64.7 Å². The number of nitrogens with zero attached hydrogens (tertiary/aromatic N) is 3. The van der Waals surface area contributed by atoms with Crippen LogP contribution in [0.4, 0.5) is 22.0 Å². The summed E-state index contributed by atoms with van der Waals surface area (Å²) in [5, 5.41) is 7.15. The molecular formula is C30H33F5N4O4. The van der Waals surface area contributed by atoms with Crippen molar-refractivity contribution in [3.63, 3.8) is 0 Å². The fraction of sp³-hybridized carbons (Fsp3) is 0.500. The molecule has 4 rings (SSSR count). The highest BCUT2D eigenvalue weighted by molar-refractivity contribution is 6.13. The molecule has 0 spiro atoms. The molecule has 1 aliphatic carbocycles. The average molecular weight is 609 g/mol. The number of ether oxygens (including phenoxy) is 1. The van der Waals surface area contributed by atoms with Crippen LogP contribution in [-0.2, 0) is 32.1 Å². The highest BCUT2D eigenvalue weighted by Crippen LogP contribution is 2.46. The van der Waals surface area contributed by atoms with E-state index in [2.05, 4.69) is 15.4 Å². The van der Waals surface area contributed by atoms with Gasteiger partial charge in [0.1, 0.15) is 24.2 Å². The van der Waals surface area contributed by atoms with Crippen LogP contribution in [-0.4, -0.2) is 58.7 Å². The first-order valence-electron chi connectivity index (χ1n) is 13.8. The first kappa shape index (κ1) is 32.2. The van der Waals surface area contributed by atoms with Gasteiger partial charge in [0.15, 0.2) is 5.78 Å². The van der Waals surface area contributed by atoms with Crippen LogP contribution in [0.5, 0.6) is 0 Å². The molecule has 1 fully saturated rings. The van der Waals surface area contributed by atoms with Crippen molar-refractivity contribution in [2.45, 2.75) is 65.3 Å². The Morgan fingerprint density at radius 2 is 1.91 bits per heavy atom. The van der Waals surface area contributed by atoms with Gasteiger partial charge in [-0.25, -0.2) is 13.8 Å². The lowest BCUT2D eigenvalue weighted by atomic mass is 9.64. The van der Waals surface area contributed by atoms with Gasteiger partial charge in [-0.1, -0.05) is 32.9 Å². The van der Waals surface area contributed by atoms with Crippen molar-refractivity contribution in [3.05, 3.63) is 65.5 Å². The van der Waals surface area contributed by atoms with Crippen LogP contribution in [0.25, 0.3) is 0 Å². The minimum absolute atomic E-state index is 0.0453. The van der Waals surface area contributed by atoms with Crippen LogP contribution in [0.1, 0.15) is 51.3 Å². The zero-order valence-corrected chi connectivity index (χ0v) is 24.0. The number of hydrogen-bond acceptors (Lipinski definition) is 6. The Morgan fingerprint density at radius 3 is 2.53 bits per heavy atom. The summed E-state index contributed by atoms with van der Waals surface area (Å²) in [5.74, 6) is -4.23. The third-order valence-corrected chi connectivity index (χ3v) is 7.59. The molecule has 0 bridgehead atoms. The van der Waals surface area contributed by atoms with Crippen molar-refractivity contribution in [2.75, 3.05) is 13.2 Å². The van der Waals surface area contributed by atoms with Gasteiger partial charge < -0.3 is 10.1 Å². The number of aromatic nitrogens is 1. The summed E-state index contributed by atoms with van der Waals surface area (Å²) in [7, 11) is 0. The molecule has 2 aromatic rings. The second kappa shape index (κ2) is 12.5. The molecule has 2 aliphatic rings. The van der Waals surface area contributed by atoms with Crippen LogP contribution in [0.2, 0.25) is 0 Å². The van der Waals surface area contributed by atoms with Crippen molar-refractivity contribution in [1.29, 1.82) is 0 Å². The van der Waals surface area contributed by atoms with E-state index >= 15 is 0 Å². The lowest BCUT2D eigenvalue weighted by Crippen LogP contribution is -2.53. The fourth-order valence-corrected chi connectivity index (χ4v) is 5.35. The van der Waals surface area contributed by atoms with Crippen LogP contribution in [0.15, 0.2) is 47.7 Å². The monoisotopic (exact) mass is 608 g/mol. The second-order valence-corrected chi connectivity index (χ2v) is 12.0. The maximum Gasteiger partial charge on any atom is 0.408 e. The molecule has 1 aromatic heterocycles. The number of alkyl halides is 3. The van der Waals surface area contributed by atoms with Crippen LogP contribution in [0.3, 0.4) is 0 Å². The van der Waals surface area contributed by atoms with Crippen molar-refractivity contribution >= 4 is 23.3 Å². The molecule has 43 heavy (non-hydrogen) atoms. The number of halogens is 5. The molecule has 0 saturated heterocycles. The molecule has 232 valence electrons. The van der Waals surface area contributed by atoms with Gasteiger partial charge >= 0.3 is 6.18 Å². The molecule has 1 N–H and O–H groups in total. The van der Waals surface area contributed by atoms with Crippen molar-refractivity contribution < 1.29 is 41.1 Å². The molecule has 2 amide bonds. The number of Topliss-reactive ketones (excluding diaryl/α,β-unsaturated/α-hetero) is 1. The minimum atomic E-state index is -4.68. The Morgan fingerprint density at radius 1 is 1.16 bits per heavy atom. The third kappa shape index (κ3) is 7.62. The van der Waals surface area contributed by atoms with E-state index in [0.29, 0.717) is 16.8 Å². The lowest BCUT2D eigenvalue weighted by Gasteiger charge is -2.37. The molecule has 3 unspecified atom stereocenters. The van der Waals surface area contributed by atoms with Crippen molar-refractivity contribution in [2.24, 2.45) is 21.8 Å². The summed E-state index contributed by atoms with van der Waals surface area (Å²) >= 11 is 0. The summed E-state index contributed by atoms with van der Waals surface area (Å²) in [4.78, 5) is 44.7. The van der Waals surface area contributed by atoms with Gasteiger partial charge in [-0.3, -0.25) is 19.4 Å². The number of hydrogen-bond donors (Lipinski definition) is 1. The van der Waals surface area contributed by atoms with Gasteiger partial charge in [0.25, 0.3) is 5.91 Å². The highest BCUT2D eigenvalue weighted by atomic mass is 19.4. The Balaban J connectivity index is 1.59. The summed E-state index contributed by atoms with van der Waals surface area (Å²) in [5.41, 5.74) is -1.64. The summed E-state index contributed by atoms with van der Waals surface area (Å²) in [6.07, 6.45) is -3.10. The first-order valence-corrected chi connectivity index (χ1v) is 13.8. The van der Waals surface area contributed by atoms with Gasteiger partial charge in [-0.2, -0.15) is 18.3 Å². The van der Waals surface area contributed by atoms with Gasteiger partial charge in [0.2, 0.25) is 5.91 Å². The normalized spacial score (nSPS) is 21.3. The third-order valence-electron chi connectivity index (χ3n) is 7.59. The maximum absolute atomic E-state index is 14.1. The number of carbonyl (C=O) groups excluding carboxylic acids is 3. The number of nitrogens with one attached hydrogen (secondary N) is 1. The zero-order chi connectivity index (χ0) is 31.6. The Hall–Kier alpha value is -3.74.